The molecule has 5 heteroatoms. The van der Waals surface area contributed by atoms with Gasteiger partial charge < -0.3 is 0 Å². The zero-order valence-electron chi connectivity index (χ0n) is 4.08. The second kappa shape index (κ2) is 3.29. The summed E-state index contributed by atoms with van der Waals surface area (Å²) in [7, 11) is 3.06. The van der Waals surface area contributed by atoms with Crippen LogP contribution in [0.1, 0.15) is 0 Å². The molecule has 7 heavy (non-hydrogen) atoms. The van der Waals surface area contributed by atoms with E-state index in [1.165, 1.54) is 14.2 Å². The molecule has 0 aromatic rings. The van der Waals surface area contributed by atoms with E-state index in [0.717, 1.165) is 0 Å². The molecule has 2 nitrogen and oxygen atoms in total. The van der Waals surface area contributed by atoms with Gasteiger partial charge in [0, 0.05) is 0 Å². The molecule has 0 N–H and O–H groups in total. The van der Waals surface area contributed by atoms with Gasteiger partial charge in [-0.2, -0.15) is 0 Å². The molecule has 0 atom stereocenters. The second-order valence-corrected chi connectivity index (χ2v) is 8.47. The summed E-state index contributed by atoms with van der Waals surface area (Å²) in [5.41, 5.74) is 0. The van der Waals surface area contributed by atoms with Crippen molar-refractivity contribution in [3.05, 3.63) is 0 Å². The SMILES string of the molecule is COP([S-])(=[Se])OC. The zero-order chi connectivity index (χ0) is 5.91. The van der Waals surface area contributed by atoms with Crippen LogP contribution in [0.25, 0.3) is 0 Å². The van der Waals surface area contributed by atoms with E-state index in [4.69, 9.17) is 21.3 Å². The Balaban J connectivity index is 3.61. The van der Waals surface area contributed by atoms with Crippen molar-refractivity contribution >= 4 is 32.5 Å². The van der Waals surface area contributed by atoms with Crippen LogP contribution in [-0.2, 0) is 21.3 Å². The number of hydrogen-bond donors (Lipinski definition) is 0. The van der Waals surface area contributed by atoms with Gasteiger partial charge in [0.25, 0.3) is 0 Å². The Morgan fingerprint density at radius 1 is 1.43 bits per heavy atom. The van der Waals surface area contributed by atoms with Gasteiger partial charge in [0.2, 0.25) is 0 Å². The van der Waals surface area contributed by atoms with E-state index >= 15 is 0 Å². The van der Waals surface area contributed by atoms with Crippen LogP contribution in [0.3, 0.4) is 0 Å². The third-order valence-corrected chi connectivity index (χ3v) is 4.11. The van der Waals surface area contributed by atoms with Gasteiger partial charge in [0.05, 0.1) is 0 Å². The molecule has 0 saturated carbocycles. The van der Waals surface area contributed by atoms with Crippen LogP contribution in [0.15, 0.2) is 0 Å². The van der Waals surface area contributed by atoms with Gasteiger partial charge in [-0.05, 0) is 0 Å². The Hall–Kier alpha value is 1.22. The van der Waals surface area contributed by atoms with E-state index in [0.29, 0.717) is 0 Å². The number of hydrogen-bond acceptors (Lipinski definition) is 3. The first kappa shape index (κ1) is 8.22. The maximum absolute atomic E-state index is 4.76. The predicted octanol–water partition coefficient (Wildman–Crippen LogP) is 0.672. The van der Waals surface area contributed by atoms with Crippen LogP contribution in [0.5, 0.6) is 0 Å². The molecule has 0 aromatic carbocycles. The van der Waals surface area contributed by atoms with E-state index in [1.54, 1.807) is 0 Å². The minimum atomic E-state index is -1.95. The molecule has 0 fully saturated rings. The standard InChI is InChI=1S/C2H7O2PSSe/c1-3-5(6,7)4-2/h1-2H3,(H,6,7)/p-1. The normalized spacial score (nSPS) is 11.9. The van der Waals surface area contributed by atoms with Gasteiger partial charge in [-0.3, -0.25) is 0 Å². The van der Waals surface area contributed by atoms with Gasteiger partial charge >= 0.3 is 55.8 Å². The van der Waals surface area contributed by atoms with Crippen LogP contribution in [0.2, 0.25) is 0 Å². The van der Waals surface area contributed by atoms with Crippen molar-refractivity contribution in [1.82, 2.24) is 0 Å². The molecule has 0 heterocycles. The van der Waals surface area contributed by atoms with Gasteiger partial charge in [0.1, 0.15) is 0 Å². The van der Waals surface area contributed by atoms with Crippen LogP contribution >= 0.6 is 5.16 Å². The van der Waals surface area contributed by atoms with Crippen molar-refractivity contribution in [2.45, 2.75) is 0 Å². The fourth-order valence-electron chi connectivity index (χ4n) is 0.0745. The molecule has 44 valence electrons. The molecule has 0 unspecified atom stereocenters. The van der Waals surface area contributed by atoms with Gasteiger partial charge in [-0.15, -0.1) is 0 Å². The summed E-state index contributed by atoms with van der Waals surface area (Å²) in [6, 6.07) is 0. The van der Waals surface area contributed by atoms with Gasteiger partial charge in [-0.25, -0.2) is 0 Å². The van der Waals surface area contributed by atoms with Crippen molar-refractivity contribution in [2.75, 3.05) is 14.2 Å². The summed E-state index contributed by atoms with van der Waals surface area (Å²) in [6.07, 6.45) is 0. The Bertz CT molecular complexity index is 87.7. The quantitative estimate of drug-likeness (QED) is 0.374. The first-order valence-corrected chi connectivity index (χ1v) is 6.40. The molecule has 0 aliphatic heterocycles. The maximum atomic E-state index is 4.76. The van der Waals surface area contributed by atoms with E-state index < -0.39 is 5.16 Å². The molecule has 0 rings (SSSR count). The summed E-state index contributed by atoms with van der Waals surface area (Å²) in [4.78, 5) is 0. The molecule has 0 aliphatic rings. The molecular weight excluding hydrogens is 198 g/mol. The van der Waals surface area contributed by atoms with E-state index in [-0.39, 0.29) is 0 Å². The molecule has 0 aliphatic carbocycles. The van der Waals surface area contributed by atoms with Crippen LogP contribution < -0.4 is 0 Å². The van der Waals surface area contributed by atoms with Gasteiger partial charge in [-0.1, -0.05) is 0 Å². The Kier molecular flexibility index (Phi) is 3.86. The van der Waals surface area contributed by atoms with E-state index in [9.17, 15) is 0 Å². The van der Waals surface area contributed by atoms with Crippen molar-refractivity contribution < 1.29 is 9.05 Å². The molecule has 0 aromatic heterocycles. The van der Waals surface area contributed by atoms with E-state index in [2.05, 4.69) is 15.1 Å². The molecule has 0 bridgehead atoms. The fraction of sp³-hybridized carbons (Fsp3) is 1.00. The van der Waals surface area contributed by atoms with E-state index in [1.807, 2.05) is 0 Å². The van der Waals surface area contributed by atoms with Gasteiger partial charge in [0.15, 0.2) is 0 Å². The minimum absolute atomic E-state index is 1.53. The average molecular weight is 204 g/mol. The average Bonchev–Trinajstić information content (AvgIpc) is 1.68. The van der Waals surface area contributed by atoms with Crippen LogP contribution in [0.4, 0.5) is 0 Å². The number of rotatable bonds is 2. The fourth-order valence-corrected chi connectivity index (χ4v) is 0.224. The first-order chi connectivity index (χ1) is 3.12. The summed E-state index contributed by atoms with van der Waals surface area (Å²) in [5, 5.41) is -1.95. The Morgan fingerprint density at radius 2 is 1.71 bits per heavy atom. The predicted molar refractivity (Wildman–Crippen MR) is 34.1 cm³/mol. The molecule has 0 spiro atoms. The summed E-state index contributed by atoms with van der Waals surface area (Å²) in [6.45, 7) is 0. The first-order valence-electron chi connectivity index (χ1n) is 1.55. The monoisotopic (exact) mass is 205 g/mol. The van der Waals surface area contributed by atoms with Crippen molar-refractivity contribution in [3.63, 3.8) is 0 Å². The topological polar surface area (TPSA) is 18.5 Å². The third kappa shape index (κ3) is 3.77. The zero-order valence-corrected chi connectivity index (χ0v) is 7.50. The summed E-state index contributed by atoms with van der Waals surface area (Å²) >= 11 is 7.39. The van der Waals surface area contributed by atoms with Crippen LogP contribution in [-0.4, -0.2) is 29.3 Å². The second-order valence-electron chi connectivity index (χ2n) is 0.812. The van der Waals surface area contributed by atoms with Crippen molar-refractivity contribution in [2.24, 2.45) is 0 Å². The molecule has 0 amide bonds. The van der Waals surface area contributed by atoms with Crippen molar-refractivity contribution in [1.29, 1.82) is 0 Å². The molecule has 0 saturated heterocycles. The molecular formula is C2H6O2PSSe-. The Labute approximate surface area is 56.1 Å². The summed E-state index contributed by atoms with van der Waals surface area (Å²) in [5.74, 6) is 0. The summed E-state index contributed by atoms with van der Waals surface area (Å²) < 4.78 is 9.47. The third-order valence-electron chi connectivity index (χ3n) is 0.447. The molecule has 0 radical (unpaired) electrons. The van der Waals surface area contributed by atoms with Crippen LogP contribution in [0, 0.1) is 0 Å². The Morgan fingerprint density at radius 3 is 1.71 bits per heavy atom. The van der Waals surface area contributed by atoms with Crippen molar-refractivity contribution in [3.8, 4) is 0 Å².